The predicted molar refractivity (Wildman–Crippen MR) is 100 cm³/mol. The molecule has 0 amide bonds. The maximum absolute atomic E-state index is 9.85. The molecule has 2 aromatic carbocycles. The first-order chi connectivity index (χ1) is 11.0. The third kappa shape index (κ3) is 3.26. The molecule has 5 heteroatoms. The van der Waals surface area contributed by atoms with Crippen LogP contribution in [0, 0.1) is 13.8 Å². The zero-order chi connectivity index (χ0) is 16.6. The lowest BCUT2D eigenvalue weighted by molar-refractivity contribution is 0.372. The van der Waals surface area contributed by atoms with E-state index >= 15 is 0 Å². The number of aromatic nitrogens is 1. The number of ether oxygens (including phenoxy) is 1. The van der Waals surface area contributed by atoms with E-state index in [9.17, 15) is 5.11 Å². The van der Waals surface area contributed by atoms with E-state index in [4.69, 9.17) is 4.74 Å². The van der Waals surface area contributed by atoms with Crippen LogP contribution in [0.1, 0.15) is 21.7 Å². The van der Waals surface area contributed by atoms with Crippen LogP contribution in [0.2, 0.25) is 0 Å². The van der Waals surface area contributed by atoms with Gasteiger partial charge in [0, 0.05) is 0 Å². The van der Waals surface area contributed by atoms with Gasteiger partial charge >= 0.3 is 0 Å². The Hall–Kier alpha value is -1.85. The standard InChI is InChI=1S/C18H16BrNO2S/c1-10-6-14-16(7-11(10)2)23-17(20-14)5-4-12-8-13(19)18(21)15(9-12)22-3/h4-9,21H,1-3H3/b5-4+. The molecule has 0 aliphatic rings. The fraction of sp³-hybridized carbons (Fsp3) is 0.167. The average molecular weight is 390 g/mol. The maximum Gasteiger partial charge on any atom is 0.172 e. The minimum atomic E-state index is 0.107. The van der Waals surface area contributed by atoms with Crippen LogP contribution < -0.4 is 4.74 Å². The van der Waals surface area contributed by atoms with Crippen LogP contribution in [0.25, 0.3) is 22.4 Å². The van der Waals surface area contributed by atoms with Gasteiger partial charge in [0.2, 0.25) is 0 Å². The first-order valence-corrected chi connectivity index (χ1v) is 8.71. The number of aryl methyl sites for hydroxylation is 2. The molecular formula is C18H16BrNO2S. The molecule has 0 bridgehead atoms. The van der Waals surface area contributed by atoms with Crippen molar-refractivity contribution in [1.82, 2.24) is 4.98 Å². The second-order valence-electron chi connectivity index (χ2n) is 5.34. The predicted octanol–water partition coefficient (Wildman–Crippen LogP) is 5.56. The van der Waals surface area contributed by atoms with E-state index in [0.717, 1.165) is 16.1 Å². The lowest BCUT2D eigenvalue weighted by Gasteiger charge is -2.06. The van der Waals surface area contributed by atoms with Crippen molar-refractivity contribution in [1.29, 1.82) is 0 Å². The Morgan fingerprint density at radius 2 is 1.87 bits per heavy atom. The van der Waals surface area contributed by atoms with Crippen molar-refractivity contribution < 1.29 is 9.84 Å². The highest BCUT2D eigenvalue weighted by Gasteiger charge is 2.08. The molecule has 0 atom stereocenters. The fourth-order valence-corrected chi connectivity index (χ4v) is 3.69. The molecule has 0 fully saturated rings. The van der Waals surface area contributed by atoms with Crippen molar-refractivity contribution in [3.8, 4) is 11.5 Å². The molecule has 1 heterocycles. The number of phenolic OH excluding ortho intramolecular Hbond substituents is 1. The number of fused-ring (bicyclic) bond motifs is 1. The second-order valence-corrected chi connectivity index (χ2v) is 7.26. The number of thiazole rings is 1. The van der Waals surface area contributed by atoms with Gasteiger partial charge in [0.1, 0.15) is 5.01 Å². The molecule has 0 aliphatic heterocycles. The van der Waals surface area contributed by atoms with Gasteiger partial charge in [0.05, 0.1) is 21.8 Å². The second kappa shape index (κ2) is 6.34. The third-order valence-corrected chi connectivity index (χ3v) is 5.30. The first kappa shape index (κ1) is 16.0. The molecule has 0 saturated carbocycles. The van der Waals surface area contributed by atoms with E-state index in [0.29, 0.717) is 10.2 Å². The zero-order valence-corrected chi connectivity index (χ0v) is 15.5. The van der Waals surface area contributed by atoms with Gasteiger partial charge in [0.25, 0.3) is 0 Å². The van der Waals surface area contributed by atoms with Crippen LogP contribution in [0.5, 0.6) is 11.5 Å². The molecule has 0 aliphatic carbocycles. The first-order valence-electron chi connectivity index (χ1n) is 7.10. The fourth-order valence-electron chi connectivity index (χ4n) is 2.28. The van der Waals surface area contributed by atoms with Crippen molar-refractivity contribution >= 4 is 49.6 Å². The highest BCUT2D eigenvalue weighted by atomic mass is 79.9. The number of phenols is 1. The van der Waals surface area contributed by atoms with Gasteiger partial charge in [0.15, 0.2) is 11.5 Å². The number of halogens is 1. The van der Waals surface area contributed by atoms with Crippen LogP contribution >= 0.6 is 27.3 Å². The average Bonchev–Trinajstić information content (AvgIpc) is 2.90. The van der Waals surface area contributed by atoms with Gasteiger partial charge in [-0.15, -0.1) is 11.3 Å². The smallest absolute Gasteiger partial charge is 0.172 e. The van der Waals surface area contributed by atoms with E-state index in [2.05, 4.69) is 46.9 Å². The van der Waals surface area contributed by atoms with Crippen molar-refractivity contribution in [3.63, 3.8) is 0 Å². The van der Waals surface area contributed by atoms with Crippen LogP contribution in [0.4, 0.5) is 0 Å². The van der Waals surface area contributed by atoms with E-state index in [1.807, 2.05) is 18.2 Å². The Morgan fingerprint density at radius 3 is 2.61 bits per heavy atom. The molecule has 3 rings (SSSR count). The minimum Gasteiger partial charge on any atom is -0.503 e. The van der Waals surface area contributed by atoms with Gasteiger partial charge in [-0.2, -0.15) is 0 Å². The summed E-state index contributed by atoms with van der Waals surface area (Å²) in [6.45, 7) is 4.22. The SMILES string of the molecule is COc1cc(/C=C/c2nc3cc(C)c(C)cc3s2)cc(Br)c1O. The molecule has 23 heavy (non-hydrogen) atoms. The summed E-state index contributed by atoms with van der Waals surface area (Å²) in [4.78, 5) is 4.65. The van der Waals surface area contributed by atoms with Crippen molar-refractivity contribution in [2.45, 2.75) is 13.8 Å². The van der Waals surface area contributed by atoms with Crippen LogP contribution in [0.15, 0.2) is 28.7 Å². The topological polar surface area (TPSA) is 42.4 Å². The number of methoxy groups -OCH3 is 1. The summed E-state index contributed by atoms with van der Waals surface area (Å²) >= 11 is 5.00. The van der Waals surface area contributed by atoms with Gasteiger partial charge in [-0.05, 0) is 76.8 Å². The quantitative estimate of drug-likeness (QED) is 0.637. The van der Waals surface area contributed by atoms with Crippen LogP contribution in [-0.4, -0.2) is 17.2 Å². The number of nitrogens with zero attached hydrogens (tertiary/aromatic N) is 1. The normalized spacial score (nSPS) is 11.5. The van der Waals surface area contributed by atoms with Crippen molar-refractivity contribution in [3.05, 3.63) is 50.4 Å². The van der Waals surface area contributed by atoms with E-state index < -0.39 is 0 Å². The third-order valence-electron chi connectivity index (χ3n) is 3.71. The van der Waals surface area contributed by atoms with E-state index in [-0.39, 0.29) is 5.75 Å². The summed E-state index contributed by atoms with van der Waals surface area (Å²) in [6.07, 6.45) is 3.94. The molecule has 0 unspecified atom stereocenters. The largest absolute Gasteiger partial charge is 0.503 e. The number of hydrogen-bond donors (Lipinski definition) is 1. The maximum atomic E-state index is 9.85. The Kier molecular flexibility index (Phi) is 4.41. The number of benzene rings is 2. The number of hydrogen-bond acceptors (Lipinski definition) is 4. The monoisotopic (exact) mass is 389 g/mol. The molecule has 118 valence electrons. The summed E-state index contributed by atoms with van der Waals surface area (Å²) in [5.41, 5.74) is 4.50. The van der Waals surface area contributed by atoms with E-state index in [1.165, 1.54) is 22.9 Å². The van der Waals surface area contributed by atoms with Gasteiger partial charge < -0.3 is 9.84 Å². The molecule has 0 spiro atoms. The Labute approximate surface area is 147 Å². The van der Waals surface area contributed by atoms with Gasteiger partial charge in [-0.3, -0.25) is 0 Å². The van der Waals surface area contributed by atoms with E-state index in [1.54, 1.807) is 17.4 Å². The summed E-state index contributed by atoms with van der Waals surface area (Å²) in [5.74, 6) is 0.546. The van der Waals surface area contributed by atoms with Crippen LogP contribution in [0.3, 0.4) is 0 Å². The minimum absolute atomic E-state index is 0.107. The number of rotatable bonds is 3. The highest BCUT2D eigenvalue weighted by Crippen LogP contribution is 2.36. The highest BCUT2D eigenvalue weighted by molar-refractivity contribution is 9.10. The van der Waals surface area contributed by atoms with Gasteiger partial charge in [-0.25, -0.2) is 4.98 Å². The summed E-state index contributed by atoms with van der Waals surface area (Å²) in [5, 5.41) is 10.8. The van der Waals surface area contributed by atoms with Crippen molar-refractivity contribution in [2.24, 2.45) is 0 Å². The molecule has 0 saturated heterocycles. The number of aromatic hydroxyl groups is 1. The molecule has 1 aromatic heterocycles. The van der Waals surface area contributed by atoms with Gasteiger partial charge in [-0.1, -0.05) is 6.08 Å². The molecule has 1 N–H and O–H groups in total. The molecule has 3 aromatic rings. The van der Waals surface area contributed by atoms with Crippen LogP contribution in [-0.2, 0) is 0 Å². The molecular weight excluding hydrogens is 374 g/mol. The summed E-state index contributed by atoms with van der Waals surface area (Å²) < 4.78 is 6.96. The Balaban J connectivity index is 1.95. The zero-order valence-electron chi connectivity index (χ0n) is 13.1. The Bertz CT molecular complexity index is 876. The molecule has 3 nitrogen and oxygen atoms in total. The summed E-state index contributed by atoms with van der Waals surface area (Å²) in [6, 6.07) is 7.94. The lowest BCUT2D eigenvalue weighted by Crippen LogP contribution is -1.85. The lowest BCUT2D eigenvalue weighted by atomic mass is 10.1. The summed E-state index contributed by atoms with van der Waals surface area (Å²) in [7, 11) is 1.53. The molecule has 0 radical (unpaired) electrons. The van der Waals surface area contributed by atoms with Crippen molar-refractivity contribution in [2.75, 3.05) is 7.11 Å². The Morgan fingerprint density at radius 1 is 1.13 bits per heavy atom.